The summed E-state index contributed by atoms with van der Waals surface area (Å²) in [4.78, 5) is 13.7. The number of hydrogen-bond acceptors (Lipinski definition) is 5. The third-order valence-corrected chi connectivity index (χ3v) is 7.00. The van der Waals surface area contributed by atoms with E-state index in [9.17, 15) is 4.79 Å². The lowest BCUT2D eigenvalue weighted by atomic mass is 9.78. The summed E-state index contributed by atoms with van der Waals surface area (Å²) in [6.07, 6.45) is 1.21. The number of para-hydroxylation sites is 2. The summed E-state index contributed by atoms with van der Waals surface area (Å²) in [7, 11) is 3.31. The smallest absolute Gasteiger partial charge is 0.163 e. The first kappa shape index (κ1) is 21.6. The number of fused-ring (bicyclic) bond motifs is 1. The van der Waals surface area contributed by atoms with Crippen molar-refractivity contribution < 1.29 is 14.3 Å². The minimum absolute atomic E-state index is 0.0902. The molecule has 5 rings (SSSR count). The Balaban J connectivity index is 1.60. The largest absolute Gasteiger partial charge is 0.497 e. The molecule has 2 unspecified atom stereocenters. The fourth-order valence-corrected chi connectivity index (χ4v) is 5.29. The van der Waals surface area contributed by atoms with Crippen molar-refractivity contribution in [2.75, 3.05) is 24.9 Å². The van der Waals surface area contributed by atoms with Gasteiger partial charge in [-0.3, -0.25) is 4.79 Å². The molecule has 1 heterocycles. The molecule has 0 spiro atoms. The zero-order valence-electron chi connectivity index (χ0n) is 18.5. The molecule has 0 amide bonds. The van der Waals surface area contributed by atoms with Gasteiger partial charge in [-0.15, -0.1) is 0 Å². The first-order valence-electron chi connectivity index (χ1n) is 10.9. The predicted octanol–water partition coefficient (Wildman–Crippen LogP) is 6.45. The summed E-state index contributed by atoms with van der Waals surface area (Å²) in [5.41, 5.74) is 5.82. The lowest BCUT2D eigenvalue weighted by Gasteiger charge is -2.30. The highest BCUT2D eigenvalue weighted by atomic mass is 79.9. The second-order valence-corrected chi connectivity index (χ2v) is 9.19. The number of benzene rings is 3. The number of methoxy groups -OCH3 is 2. The van der Waals surface area contributed by atoms with Crippen LogP contribution in [0.15, 0.2) is 82.5 Å². The molecule has 0 saturated carbocycles. The van der Waals surface area contributed by atoms with E-state index in [4.69, 9.17) is 9.47 Å². The number of hydrogen-bond donors (Lipinski definition) is 2. The van der Waals surface area contributed by atoms with E-state index in [0.29, 0.717) is 6.42 Å². The molecule has 1 aliphatic heterocycles. The molecule has 5 nitrogen and oxygen atoms in total. The van der Waals surface area contributed by atoms with Gasteiger partial charge in [0.15, 0.2) is 5.78 Å². The highest BCUT2D eigenvalue weighted by molar-refractivity contribution is 9.10. The van der Waals surface area contributed by atoms with Gasteiger partial charge in [0.05, 0.1) is 36.1 Å². The van der Waals surface area contributed by atoms with Crippen LogP contribution < -0.4 is 20.1 Å². The van der Waals surface area contributed by atoms with Gasteiger partial charge >= 0.3 is 0 Å². The number of anilines is 2. The molecule has 1 aliphatic carbocycles. The van der Waals surface area contributed by atoms with E-state index >= 15 is 0 Å². The molecule has 2 aliphatic rings. The molecule has 33 heavy (non-hydrogen) atoms. The van der Waals surface area contributed by atoms with E-state index in [-0.39, 0.29) is 17.7 Å². The van der Waals surface area contributed by atoms with Crippen LogP contribution >= 0.6 is 15.9 Å². The third-order valence-electron chi connectivity index (χ3n) is 6.38. The first-order chi connectivity index (χ1) is 16.1. The maximum atomic E-state index is 13.7. The molecule has 0 radical (unpaired) electrons. The van der Waals surface area contributed by atoms with E-state index < -0.39 is 0 Å². The maximum absolute atomic E-state index is 13.7. The zero-order chi connectivity index (χ0) is 22.9. The van der Waals surface area contributed by atoms with Crippen LogP contribution in [-0.4, -0.2) is 20.0 Å². The number of nitrogens with one attached hydrogen (secondary N) is 2. The highest BCUT2D eigenvalue weighted by Crippen LogP contribution is 2.45. The van der Waals surface area contributed by atoms with Crippen LogP contribution in [0.5, 0.6) is 11.5 Å². The fourth-order valence-electron chi connectivity index (χ4n) is 4.74. The minimum Gasteiger partial charge on any atom is -0.497 e. The lowest BCUT2D eigenvalue weighted by molar-refractivity contribution is -0.116. The molecule has 0 saturated heterocycles. The molecular formula is C27H25BrN2O3. The number of carbonyl (C=O) groups is 1. The number of ether oxygens (including phenoxy) is 2. The van der Waals surface area contributed by atoms with Crippen LogP contribution in [-0.2, 0) is 4.79 Å². The van der Waals surface area contributed by atoms with Gasteiger partial charge < -0.3 is 20.1 Å². The van der Waals surface area contributed by atoms with Crippen LogP contribution in [0.1, 0.15) is 35.9 Å². The van der Waals surface area contributed by atoms with Gasteiger partial charge in [-0.25, -0.2) is 0 Å². The van der Waals surface area contributed by atoms with Crippen LogP contribution in [0.2, 0.25) is 0 Å². The third kappa shape index (κ3) is 4.11. The van der Waals surface area contributed by atoms with E-state index in [1.165, 1.54) is 0 Å². The fraction of sp³-hybridized carbons (Fsp3) is 0.222. The summed E-state index contributed by atoms with van der Waals surface area (Å²) in [5.74, 6) is 1.80. The quantitative estimate of drug-likeness (QED) is 0.427. The first-order valence-corrected chi connectivity index (χ1v) is 11.7. The summed E-state index contributed by atoms with van der Waals surface area (Å²) in [6.45, 7) is 0. The molecule has 3 aromatic carbocycles. The standard InChI is InChI=1S/C27H25BrN2O3/c1-32-19-7-5-6-16(12-19)18-14-23-26(24(31)15-18)27(17-10-11-25(33-2)20(28)13-17)30-22-9-4-3-8-21(22)29-23/h3-13,18,27,29-30H,14-15H2,1-2H3. The van der Waals surface area contributed by atoms with Crippen molar-refractivity contribution in [3.63, 3.8) is 0 Å². The molecule has 0 aromatic heterocycles. The Kier molecular flexibility index (Phi) is 5.85. The number of ketones is 1. The van der Waals surface area contributed by atoms with Gasteiger partial charge in [0.2, 0.25) is 0 Å². The second-order valence-electron chi connectivity index (χ2n) is 8.34. The molecule has 0 bridgehead atoms. The Morgan fingerprint density at radius 2 is 1.70 bits per heavy atom. The second kappa shape index (κ2) is 8.94. The number of carbonyl (C=O) groups excluding carboxylic acids is 1. The Bertz CT molecular complexity index is 1250. The van der Waals surface area contributed by atoms with Gasteiger partial charge in [-0.1, -0.05) is 30.3 Å². The number of rotatable bonds is 4. The van der Waals surface area contributed by atoms with Gasteiger partial charge in [-0.05, 0) is 75.8 Å². The van der Waals surface area contributed by atoms with Crippen molar-refractivity contribution in [2.24, 2.45) is 0 Å². The molecule has 3 aromatic rings. The Hall–Kier alpha value is -3.25. The van der Waals surface area contributed by atoms with Crippen molar-refractivity contribution in [1.82, 2.24) is 0 Å². The van der Waals surface area contributed by atoms with E-state index in [2.05, 4.69) is 32.6 Å². The van der Waals surface area contributed by atoms with Crippen molar-refractivity contribution in [2.45, 2.75) is 24.8 Å². The monoisotopic (exact) mass is 504 g/mol. The molecule has 6 heteroatoms. The Morgan fingerprint density at radius 1 is 0.879 bits per heavy atom. The van der Waals surface area contributed by atoms with Gasteiger partial charge in [0, 0.05) is 17.7 Å². The lowest BCUT2D eigenvalue weighted by Crippen LogP contribution is -2.26. The van der Waals surface area contributed by atoms with Crippen LogP contribution in [0.4, 0.5) is 11.4 Å². The van der Waals surface area contributed by atoms with Crippen molar-refractivity contribution >= 4 is 33.1 Å². The topological polar surface area (TPSA) is 59.6 Å². The van der Waals surface area contributed by atoms with Crippen molar-refractivity contribution in [3.05, 3.63) is 93.6 Å². The van der Waals surface area contributed by atoms with Gasteiger partial charge in [0.25, 0.3) is 0 Å². The number of allylic oxidation sites excluding steroid dienone is 1. The highest BCUT2D eigenvalue weighted by Gasteiger charge is 2.36. The minimum atomic E-state index is -0.267. The average molecular weight is 505 g/mol. The predicted molar refractivity (Wildman–Crippen MR) is 134 cm³/mol. The maximum Gasteiger partial charge on any atom is 0.163 e. The SMILES string of the molecule is COc1cccc(C2CC(=O)C3=C(C2)Nc2ccccc2NC3c2ccc(OC)c(Br)c2)c1. The van der Waals surface area contributed by atoms with Crippen LogP contribution in [0.25, 0.3) is 0 Å². The number of halogens is 1. The van der Waals surface area contributed by atoms with Crippen molar-refractivity contribution in [1.29, 1.82) is 0 Å². The molecule has 2 N–H and O–H groups in total. The van der Waals surface area contributed by atoms with E-state index in [1.807, 2.05) is 60.7 Å². The van der Waals surface area contributed by atoms with Gasteiger partial charge in [-0.2, -0.15) is 0 Å². The van der Waals surface area contributed by atoms with Crippen molar-refractivity contribution in [3.8, 4) is 11.5 Å². The summed E-state index contributed by atoms with van der Waals surface area (Å²) in [5, 5.41) is 7.21. The zero-order valence-corrected chi connectivity index (χ0v) is 20.1. The van der Waals surface area contributed by atoms with Crippen LogP contribution in [0, 0.1) is 0 Å². The molecular weight excluding hydrogens is 480 g/mol. The normalized spacial score (nSPS) is 19.5. The average Bonchev–Trinajstić information content (AvgIpc) is 3.01. The van der Waals surface area contributed by atoms with E-state index in [1.54, 1.807) is 14.2 Å². The Morgan fingerprint density at radius 3 is 2.45 bits per heavy atom. The summed E-state index contributed by atoms with van der Waals surface area (Å²) < 4.78 is 11.7. The summed E-state index contributed by atoms with van der Waals surface area (Å²) >= 11 is 3.60. The van der Waals surface area contributed by atoms with E-state index in [0.717, 1.165) is 56.2 Å². The molecule has 0 fully saturated rings. The molecule has 2 atom stereocenters. The number of Topliss-reactive ketones (excluding diaryl/α,β-unsaturated/α-hetero) is 1. The van der Waals surface area contributed by atoms with Gasteiger partial charge in [0.1, 0.15) is 11.5 Å². The summed E-state index contributed by atoms with van der Waals surface area (Å²) in [6, 6.07) is 21.8. The Labute approximate surface area is 201 Å². The van der Waals surface area contributed by atoms with Crippen LogP contribution in [0.3, 0.4) is 0 Å². The molecule has 168 valence electrons.